The molecule has 1 atom stereocenters. The zero-order chi connectivity index (χ0) is 18.1. The molecule has 4 nitrogen and oxygen atoms in total. The third-order valence-electron chi connectivity index (χ3n) is 3.40. The minimum absolute atomic E-state index is 0.0742. The minimum atomic E-state index is -0.443. The van der Waals surface area contributed by atoms with Crippen LogP contribution in [0, 0.1) is 5.82 Å². The van der Waals surface area contributed by atoms with Gasteiger partial charge in [0.25, 0.3) is 0 Å². The van der Waals surface area contributed by atoms with Crippen LogP contribution < -0.4 is 5.32 Å². The third kappa shape index (κ3) is 6.58. The van der Waals surface area contributed by atoms with E-state index in [1.54, 1.807) is 19.1 Å². The van der Waals surface area contributed by atoms with Crippen LogP contribution in [0.15, 0.2) is 59.5 Å². The van der Waals surface area contributed by atoms with Crippen LogP contribution in [-0.4, -0.2) is 24.2 Å². The van der Waals surface area contributed by atoms with Crippen LogP contribution >= 0.6 is 11.8 Å². The van der Waals surface area contributed by atoms with Gasteiger partial charge in [-0.1, -0.05) is 30.3 Å². The molecular weight excluding hydrogens is 341 g/mol. The Morgan fingerprint density at radius 3 is 2.44 bits per heavy atom. The first-order valence-corrected chi connectivity index (χ1v) is 8.95. The number of carbonyl (C=O) groups is 2. The lowest BCUT2D eigenvalue weighted by molar-refractivity contribution is -0.143. The summed E-state index contributed by atoms with van der Waals surface area (Å²) in [5, 5.41) is 2.87. The highest BCUT2D eigenvalue weighted by molar-refractivity contribution is 8.00. The number of hydrogen-bond acceptors (Lipinski definition) is 4. The van der Waals surface area contributed by atoms with Crippen molar-refractivity contribution in [3.05, 3.63) is 66.0 Å². The summed E-state index contributed by atoms with van der Waals surface area (Å²) in [6.45, 7) is 2.04. The SMILES string of the molecule is CCOC(=O)C[C@H](NC(=O)CSc1ccc(F)cc1)c1ccccc1. The fourth-order valence-corrected chi connectivity index (χ4v) is 2.95. The highest BCUT2D eigenvalue weighted by Crippen LogP contribution is 2.20. The second-order valence-corrected chi connectivity index (χ2v) is 6.33. The van der Waals surface area contributed by atoms with Gasteiger partial charge in [-0.3, -0.25) is 9.59 Å². The third-order valence-corrected chi connectivity index (χ3v) is 4.41. The molecule has 0 aliphatic rings. The Morgan fingerprint density at radius 1 is 1.12 bits per heavy atom. The molecule has 0 bridgehead atoms. The zero-order valence-electron chi connectivity index (χ0n) is 13.9. The van der Waals surface area contributed by atoms with E-state index >= 15 is 0 Å². The summed E-state index contributed by atoms with van der Waals surface area (Å²) < 4.78 is 17.9. The van der Waals surface area contributed by atoms with Crippen LogP contribution in [0.5, 0.6) is 0 Å². The molecule has 0 aromatic heterocycles. The lowest BCUT2D eigenvalue weighted by atomic mass is 10.0. The Kier molecular flexibility index (Phi) is 7.47. The van der Waals surface area contributed by atoms with E-state index in [-0.39, 0.29) is 29.9 Å². The first kappa shape index (κ1) is 19.0. The van der Waals surface area contributed by atoms with Crippen molar-refractivity contribution in [2.45, 2.75) is 24.3 Å². The molecule has 0 fully saturated rings. The molecule has 0 radical (unpaired) electrons. The quantitative estimate of drug-likeness (QED) is 0.575. The van der Waals surface area contributed by atoms with Gasteiger partial charge in [-0.25, -0.2) is 4.39 Å². The van der Waals surface area contributed by atoms with Crippen molar-refractivity contribution >= 4 is 23.6 Å². The smallest absolute Gasteiger partial charge is 0.308 e. The Hall–Kier alpha value is -2.34. The van der Waals surface area contributed by atoms with Gasteiger partial charge in [0.2, 0.25) is 5.91 Å². The van der Waals surface area contributed by atoms with E-state index in [4.69, 9.17) is 4.74 Å². The van der Waals surface area contributed by atoms with Gasteiger partial charge in [-0.15, -0.1) is 11.8 Å². The van der Waals surface area contributed by atoms with Crippen molar-refractivity contribution in [2.24, 2.45) is 0 Å². The van der Waals surface area contributed by atoms with Crippen molar-refractivity contribution in [2.75, 3.05) is 12.4 Å². The standard InChI is InChI=1S/C19H20FNO3S/c1-2-24-19(23)12-17(14-6-4-3-5-7-14)21-18(22)13-25-16-10-8-15(20)9-11-16/h3-11,17H,2,12-13H2,1H3,(H,21,22)/t17-/m0/s1. The molecule has 6 heteroatoms. The fraction of sp³-hybridized carbons (Fsp3) is 0.263. The number of hydrogen-bond donors (Lipinski definition) is 1. The normalized spacial score (nSPS) is 11.6. The van der Waals surface area contributed by atoms with Gasteiger partial charge in [0, 0.05) is 4.90 Å². The first-order valence-electron chi connectivity index (χ1n) is 7.96. The van der Waals surface area contributed by atoms with Crippen LogP contribution in [-0.2, 0) is 14.3 Å². The number of amides is 1. The molecule has 0 aliphatic heterocycles. The van der Waals surface area contributed by atoms with Crippen LogP contribution in [0.4, 0.5) is 4.39 Å². The predicted octanol–water partition coefficient (Wildman–Crippen LogP) is 3.73. The second-order valence-electron chi connectivity index (χ2n) is 5.28. The average molecular weight is 361 g/mol. The van der Waals surface area contributed by atoms with E-state index in [1.165, 1.54) is 23.9 Å². The van der Waals surface area contributed by atoms with E-state index in [1.807, 2.05) is 30.3 Å². The summed E-state index contributed by atoms with van der Waals surface area (Å²) in [6, 6.07) is 14.8. The van der Waals surface area contributed by atoms with E-state index < -0.39 is 6.04 Å². The molecule has 25 heavy (non-hydrogen) atoms. The lowest BCUT2D eigenvalue weighted by Gasteiger charge is -2.18. The Balaban J connectivity index is 1.96. The van der Waals surface area contributed by atoms with Gasteiger partial charge in [-0.05, 0) is 36.8 Å². The number of thioether (sulfide) groups is 1. The summed E-state index contributed by atoms with van der Waals surface area (Å²) >= 11 is 1.31. The van der Waals surface area contributed by atoms with Gasteiger partial charge in [0.05, 0.1) is 24.8 Å². The topological polar surface area (TPSA) is 55.4 Å². The van der Waals surface area contributed by atoms with E-state index in [0.29, 0.717) is 6.61 Å². The number of rotatable bonds is 8. The van der Waals surface area contributed by atoms with Crippen molar-refractivity contribution in [3.8, 4) is 0 Å². The number of nitrogens with one attached hydrogen (secondary N) is 1. The number of halogens is 1. The Labute approximate surface area is 150 Å². The molecule has 2 rings (SSSR count). The molecule has 0 saturated heterocycles. The Morgan fingerprint density at radius 2 is 1.80 bits per heavy atom. The maximum atomic E-state index is 12.9. The van der Waals surface area contributed by atoms with E-state index in [9.17, 15) is 14.0 Å². The van der Waals surface area contributed by atoms with E-state index in [0.717, 1.165) is 10.5 Å². The fourth-order valence-electron chi connectivity index (χ4n) is 2.24. The van der Waals surface area contributed by atoms with Gasteiger partial charge in [0.1, 0.15) is 5.82 Å². The van der Waals surface area contributed by atoms with Gasteiger partial charge in [0.15, 0.2) is 0 Å². The summed E-state index contributed by atoms with van der Waals surface area (Å²) in [4.78, 5) is 24.9. The summed E-state index contributed by atoms with van der Waals surface area (Å²) in [6.07, 6.45) is 0.0742. The van der Waals surface area contributed by atoms with E-state index in [2.05, 4.69) is 5.32 Å². The second kappa shape index (κ2) is 9.84. The van der Waals surface area contributed by atoms with Gasteiger partial charge >= 0.3 is 5.97 Å². The molecule has 1 amide bonds. The number of carbonyl (C=O) groups excluding carboxylic acids is 2. The lowest BCUT2D eigenvalue weighted by Crippen LogP contribution is -2.31. The highest BCUT2D eigenvalue weighted by Gasteiger charge is 2.19. The maximum Gasteiger partial charge on any atom is 0.308 e. The molecule has 1 N–H and O–H groups in total. The molecule has 0 aliphatic carbocycles. The maximum absolute atomic E-state index is 12.9. The minimum Gasteiger partial charge on any atom is -0.466 e. The summed E-state index contributed by atoms with van der Waals surface area (Å²) in [7, 11) is 0. The molecule has 0 heterocycles. The molecule has 0 saturated carbocycles. The monoisotopic (exact) mass is 361 g/mol. The predicted molar refractivity (Wildman–Crippen MR) is 95.7 cm³/mol. The number of esters is 1. The molecule has 2 aromatic carbocycles. The molecule has 2 aromatic rings. The molecule has 132 valence electrons. The van der Waals surface area contributed by atoms with Crippen LogP contribution in [0.2, 0.25) is 0 Å². The summed E-state index contributed by atoms with van der Waals surface area (Å²) in [5.74, 6) is -0.694. The van der Waals surface area contributed by atoms with Crippen LogP contribution in [0.3, 0.4) is 0 Å². The molecule has 0 spiro atoms. The van der Waals surface area contributed by atoms with Crippen LogP contribution in [0.1, 0.15) is 24.9 Å². The largest absolute Gasteiger partial charge is 0.466 e. The van der Waals surface area contributed by atoms with Gasteiger partial charge < -0.3 is 10.1 Å². The number of ether oxygens (including phenoxy) is 1. The molecular formula is C19H20FNO3S. The Bertz CT molecular complexity index is 692. The zero-order valence-corrected chi connectivity index (χ0v) is 14.7. The summed E-state index contributed by atoms with van der Waals surface area (Å²) in [5.41, 5.74) is 0.843. The average Bonchev–Trinajstić information content (AvgIpc) is 2.62. The first-order chi connectivity index (χ1) is 12.1. The number of benzene rings is 2. The van der Waals surface area contributed by atoms with Crippen molar-refractivity contribution in [1.29, 1.82) is 0 Å². The highest BCUT2D eigenvalue weighted by atomic mass is 32.2. The van der Waals surface area contributed by atoms with Crippen molar-refractivity contribution in [3.63, 3.8) is 0 Å². The van der Waals surface area contributed by atoms with Crippen molar-refractivity contribution in [1.82, 2.24) is 5.32 Å². The molecule has 0 unspecified atom stereocenters. The van der Waals surface area contributed by atoms with Crippen LogP contribution in [0.25, 0.3) is 0 Å². The van der Waals surface area contributed by atoms with Gasteiger partial charge in [-0.2, -0.15) is 0 Å². The van der Waals surface area contributed by atoms with Crippen molar-refractivity contribution < 1.29 is 18.7 Å².